The molecule has 0 bridgehead atoms. The number of hydrogen-bond donors (Lipinski definition) is 4. The summed E-state index contributed by atoms with van der Waals surface area (Å²) in [4.78, 5) is 41.3. The predicted molar refractivity (Wildman–Crippen MR) is 137 cm³/mol. The molecule has 10 heteroatoms. The summed E-state index contributed by atoms with van der Waals surface area (Å²) in [6.45, 7) is 3.94. The normalized spacial score (nSPS) is 15.2. The highest BCUT2D eigenvalue weighted by atomic mass is 19.1. The van der Waals surface area contributed by atoms with Crippen LogP contribution in [0.5, 0.6) is 0 Å². The average molecular weight is 506 g/mol. The molecule has 0 radical (unpaired) electrons. The quantitative estimate of drug-likeness (QED) is 0.345. The fourth-order valence-corrected chi connectivity index (χ4v) is 4.02. The number of pyridine rings is 1. The van der Waals surface area contributed by atoms with Crippen LogP contribution in [0.1, 0.15) is 36.2 Å². The van der Waals surface area contributed by atoms with Gasteiger partial charge in [0.25, 0.3) is 5.91 Å². The molecule has 1 aliphatic heterocycles. The van der Waals surface area contributed by atoms with Crippen molar-refractivity contribution in [1.29, 1.82) is 0 Å². The maximum absolute atomic E-state index is 13.9. The van der Waals surface area contributed by atoms with E-state index in [1.54, 1.807) is 50.2 Å². The molecule has 1 aromatic heterocycles. The number of halogens is 1. The van der Waals surface area contributed by atoms with E-state index in [9.17, 15) is 18.8 Å². The Hall–Kier alpha value is -4.15. The fraction of sp³-hybridized carbons (Fsp3) is 0.259. The van der Waals surface area contributed by atoms with Crippen LogP contribution in [0.15, 0.2) is 60.9 Å². The Bertz CT molecular complexity index is 1340. The number of carbonyl (C=O) groups is 3. The predicted octanol–water partition coefficient (Wildman–Crippen LogP) is 3.22. The summed E-state index contributed by atoms with van der Waals surface area (Å²) in [6, 6.07) is 13.0. The SMILES string of the molecule is CC(C)(NC1CCOC1=O)C(=O)Nc1cccc(-c2cc(C(=O)Nc3ccncc3F)ccc2CN)c1. The van der Waals surface area contributed by atoms with Crippen LogP contribution < -0.4 is 21.7 Å². The van der Waals surface area contributed by atoms with E-state index in [-0.39, 0.29) is 24.1 Å². The van der Waals surface area contributed by atoms with Crippen molar-refractivity contribution in [2.75, 3.05) is 17.2 Å². The van der Waals surface area contributed by atoms with Gasteiger partial charge in [-0.25, -0.2) is 4.39 Å². The molecule has 1 saturated heterocycles. The van der Waals surface area contributed by atoms with Crippen LogP contribution in [0, 0.1) is 5.82 Å². The van der Waals surface area contributed by atoms with Gasteiger partial charge in [0.2, 0.25) is 5.91 Å². The summed E-state index contributed by atoms with van der Waals surface area (Å²) in [6.07, 6.45) is 2.91. The van der Waals surface area contributed by atoms with Gasteiger partial charge in [-0.3, -0.25) is 24.7 Å². The first-order chi connectivity index (χ1) is 17.7. The van der Waals surface area contributed by atoms with Gasteiger partial charge in [0, 0.05) is 30.4 Å². The van der Waals surface area contributed by atoms with Gasteiger partial charge in [0.15, 0.2) is 5.82 Å². The molecule has 1 atom stereocenters. The number of nitrogens with zero attached hydrogens (tertiary/aromatic N) is 1. The second kappa shape index (κ2) is 10.9. The van der Waals surface area contributed by atoms with Crippen molar-refractivity contribution in [3.8, 4) is 11.1 Å². The number of cyclic esters (lactones) is 1. The number of amides is 2. The van der Waals surface area contributed by atoms with Crippen molar-refractivity contribution in [1.82, 2.24) is 10.3 Å². The van der Waals surface area contributed by atoms with Crippen LogP contribution in [0.3, 0.4) is 0 Å². The topological polar surface area (TPSA) is 135 Å². The maximum Gasteiger partial charge on any atom is 0.323 e. The van der Waals surface area contributed by atoms with Crippen LogP contribution in [-0.2, 0) is 20.9 Å². The van der Waals surface area contributed by atoms with E-state index in [0.29, 0.717) is 29.8 Å². The summed E-state index contributed by atoms with van der Waals surface area (Å²) in [5.74, 6) is -1.82. The van der Waals surface area contributed by atoms with E-state index >= 15 is 0 Å². The Balaban J connectivity index is 1.55. The lowest BCUT2D eigenvalue weighted by Crippen LogP contribution is -2.55. The molecule has 9 nitrogen and oxygen atoms in total. The molecule has 2 amide bonds. The lowest BCUT2D eigenvalue weighted by atomic mass is 9.96. The van der Waals surface area contributed by atoms with Gasteiger partial charge in [-0.15, -0.1) is 0 Å². The number of ether oxygens (including phenoxy) is 1. The Kier molecular flexibility index (Phi) is 7.61. The summed E-state index contributed by atoms with van der Waals surface area (Å²) in [7, 11) is 0. The monoisotopic (exact) mass is 505 g/mol. The molecule has 2 heterocycles. The highest BCUT2D eigenvalue weighted by Crippen LogP contribution is 2.28. The third kappa shape index (κ3) is 5.99. The molecule has 37 heavy (non-hydrogen) atoms. The molecular formula is C27H28FN5O4. The van der Waals surface area contributed by atoms with Gasteiger partial charge in [0.05, 0.1) is 24.0 Å². The van der Waals surface area contributed by atoms with Gasteiger partial charge in [-0.2, -0.15) is 0 Å². The maximum atomic E-state index is 13.9. The number of anilines is 2. The van der Waals surface area contributed by atoms with Crippen LogP contribution in [0.2, 0.25) is 0 Å². The highest BCUT2D eigenvalue weighted by Gasteiger charge is 2.36. The van der Waals surface area contributed by atoms with Crippen molar-refractivity contribution < 1.29 is 23.5 Å². The third-order valence-electron chi connectivity index (χ3n) is 6.08. The summed E-state index contributed by atoms with van der Waals surface area (Å²) >= 11 is 0. The van der Waals surface area contributed by atoms with Gasteiger partial charge >= 0.3 is 5.97 Å². The third-order valence-corrected chi connectivity index (χ3v) is 6.08. The van der Waals surface area contributed by atoms with Crippen LogP contribution in [0.25, 0.3) is 11.1 Å². The first-order valence-corrected chi connectivity index (χ1v) is 11.8. The van der Waals surface area contributed by atoms with Crippen LogP contribution in [-0.4, -0.2) is 41.0 Å². The van der Waals surface area contributed by atoms with Crippen LogP contribution in [0.4, 0.5) is 15.8 Å². The molecular weight excluding hydrogens is 477 g/mol. The molecule has 1 aliphatic rings. The van der Waals surface area contributed by atoms with Crippen molar-refractivity contribution in [3.63, 3.8) is 0 Å². The molecule has 3 aromatic rings. The number of esters is 1. The van der Waals surface area contributed by atoms with Crippen molar-refractivity contribution in [2.24, 2.45) is 5.73 Å². The second-order valence-corrected chi connectivity index (χ2v) is 9.20. The lowest BCUT2D eigenvalue weighted by molar-refractivity contribution is -0.140. The van der Waals surface area contributed by atoms with Crippen molar-refractivity contribution in [2.45, 2.75) is 38.4 Å². The first-order valence-electron chi connectivity index (χ1n) is 11.8. The highest BCUT2D eigenvalue weighted by molar-refractivity contribution is 6.05. The Morgan fingerprint density at radius 3 is 2.68 bits per heavy atom. The fourth-order valence-electron chi connectivity index (χ4n) is 4.02. The van der Waals surface area contributed by atoms with E-state index in [4.69, 9.17) is 10.5 Å². The first kappa shape index (κ1) is 25.9. The minimum Gasteiger partial charge on any atom is -0.464 e. The van der Waals surface area contributed by atoms with E-state index in [0.717, 1.165) is 17.3 Å². The van der Waals surface area contributed by atoms with Crippen molar-refractivity contribution >= 4 is 29.2 Å². The van der Waals surface area contributed by atoms with E-state index in [1.165, 1.54) is 12.3 Å². The van der Waals surface area contributed by atoms with Gasteiger partial charge in [-0.05, 0) is 60.9 Å². The lowest BCUT2D eigenvalue weighted by Gasteiger charge is -2.27. The van der Waals surface area contributed by atoms with E-state index in [2.05, 4.69) is 20.9 Å². The molecule has 5 N–H and O–H groups in total. The molecule has 4 rings (SSSR count). The smallest absolute Gasteiger partial charge is 0.323 e. The molecule has 0 saturated carbocycles. The molecule has 0 aliphatic carbocycles. The summed E-state index contributed by atoms with van der Waals surface area (Å²) in [5.41, 5.74) is 8.00. The molecule has 1 unspecified atom stereocenters. The Morgan fingerprint density at radius 1 is 1.16 bits per heavy atom. The standard InChI is InChI=1S/C27H28FN5O4/c1-27(2,33-23-9-11-37-25(23)35)26(36)31-19-5-3-4-16(12-19)20-13-17(6-7-18(20)14-29)24(34)32-22-8-10-30-15-21(22)28/h3-8,10,12-13,15,23,33H,9,11,14,29H2,1-2H3,(H,31,36)(H,30,32,34). The van der Waals surface area contributed by atoms with Crippen molar-refractivity contribution in [3.05, 3.63) is 77.9 Å². The van der Waals surface area contributed by atoms with Crippen LogP contribution >= 0.6 is 0 Å². The van der Waals surface area contributed by atoms with Gasteiger partial charge in [-0.1, -0.05) is 18.2 Å². The molecule has 0 spiro atoms. The number of hydrogen-bond acceptors (Lipinski definition) is 7. The van der Waals surface area contributed by atoms with E-state index in [1.807, 2.05) is 6.07 Å². The largest absolute Gasteiger partial charge is 0.464 e. The Labute approximate surface area is 213 Å². The second-order valence-electron chi connectivity index (χ2n) is 9.20. The molecule has 1 fully saturated rings. The zero-order chi connectivity index (χ0) is 26.6. The zero-order valence-electron chi connectivity index (χ0n) is 20.5. The minimum atomic E-state index is -1.04. The minimum absolute atomic E-state index is 0.0243. The summed E-state index contributed by atoms with van der Waals surface area (Å²) in [5, 5.41) is 8.49. The number of rotatable bonds is 8. The van der Waals surface area contributed by atoms with Gasteiger partial charge in [0.1, 0.15) is 6.04 Å². The van der Waals surface area contributed by atoms with E-state index < -0.39 is 23.3 Å². The molecule has 192 valence electrons. The Morgan fingerprint density at radius 2 is 1.97 bits per heavy atom. The zero-order valence-corrected chi connectivity index (χ0v) is 20.5. The molecule has 2 aromatic carbocycles. The number of benzene rings is 2. The number of carbonyl (C=O) groups excluding carboxylic acids is 3. The number of nitrogens with one attached hydrogen (secondary N) is 3. The summed E-state index contributed by atoms with van der Waals surface area (Å²) < 4.78 is 18.9. The number of aromatic nitrogens is 1. The average Bonchev–Trinajstić information content (AvgIpc) is 3.28. The van der Waals surface area contributed by atoms with Gasteiger partial charge < -0.3 is 21.1 Å². The number of nitrogens with two attached hydrogens (primary N) is 1.